The number of benzene rings is 8. The molecule has 0 N–H and O–H groups in total. The van der Waals surface area contributed by atoms with Crippen LogP contribution in [0.4, 0.5) is 0 Å². The molecule has 52 heavy (non-hydrogen) atoms. The average molecular weight is 698 g/mol. The highest BCUT2D eigenvalue weighted by atomic mass is 32.2. The van der Waals surface area contributed by atoms with Gasteiger partial charge in [-0.3, -0.25) is 0 Å². The van der Waals surface area contributed by atoms with Crippen molar-refractivity contribution in [2.24, 2.45) is 0 Å². The number of para-hydroxylation sites is 2. The quantitative estimate of drug-likeness (QED) is 0.181. The van der Waals surface area contributed by atoms with Crippen LogP contribution >= 0.6 is 23.5 Å². The summed E-state index contributed by atoms with van der Waals surface area (Å²) in [5.41, 5.74) is 13.5. The standard InChI is InChI=1S/C49H31NS2/c1-3-14-32(15-4-1)36-19-13-25-47-48(36)49(39-20-8-11-23-44(39)51-45-24-12-9-21-40(45)49)41-31-34(27-29-46(41)52-47)33-26-28-43-38(30-33)37-18-7-10-22-42(37)50(43)35-16-5-2-6-17-35/h1-31H. The smallest absolute Gasteiger partial charge is 0.0751 e. The minimum Gasteiger partial charge on any atom is -0.309 e. The Morgan fingerprint density at radius 1 is 0.365 bits per heavy atom. The number of fused-ring (bicyclic) bond motifs is 11. The zero-order chi connectivity index (χ0) is 34.2. The van der Waals surface area contributed by atoms with E-state index in [-0.39, 0.29) is 0 Å². The molecule has 0 fully saturated rings. The Bertz CT molecular complexity index is 2810. The van der Waals surface area contributed by atoms with Gasteiger partial charge >= 0.3 is 0 Å². The van der Waals surface area contributed by atoms with Gasteiger partial charge in [-0.1, -0.05) is 151 Å². The molecule has 0 unspecified atom stereocenters. The van der Waals surface area contributed by atoms with E-state index < -0.39 is 5.41 Å². The molecule has 0 saturated carbocycles. The fourth-order valence-electron chi connectivity index (χ4n) is 8.77. The van der Waals surface area contributed by atoms with Gasteiger partial charge in [0, 0.05) is 36.0 Å². The summed E-state index contributed by atoms with van der Waals surface area (Å²) in [4.78, 5) is 5.25. The van der Waals surface area contributed by atoms with Crippen molar-refractivity contribution in [1.82, 2.24) is 4.57 Å². The zero-order valence-corrected chi connectivity index (χ0v) is 29.8. The van der Waals surface area contributed by atoms with Gasteiger partial charge in [0.1, 0.15) is 0 Å². The predicted molar refractivity (Wildman–Crippen MR) is 218 cm³/mol. The molecule has 11 rings (SSSR count). The molecule has 0 saturated heterocycles. The van der Waals surface area contributed by atoms with Gasteiger partial charge in [-0.25, -0.2) is 0 Å². The minimum atomic E-state index is -0.510. The summed E-state index contributed by atoms with van der Waals surface area (Å²) in [5.74, 6) is 0. The maximum absolute atomic E-state index is 2.51. The summed E-state index contributed by atoms with van der Waals surface area (Å²) in [7, 11) is 0. The maximum atomic E-state index is 2.51. The molecular weight excluding hydrogens is 667 g/mol. The highest BCUT2D eigenvalue weighted by molar-refractivity contribution is 8.00. The highest BCUT2D eigenvalue weighted by Crippen LogP contribution is 2.63. The summed E-state index contributed by atoms with van der Waals surface area (Å²) in [5, 5.41) is 2.53. The summed E-state index contributed by atoms with van der Waals surface area (Å²) in [6.45, 7) is 0. The lowest BCUT2D eigenvalue weighted by Crippen LogP contribution is -2.37. The third kappa shape index (κ3) is 4.27. The molecule has 1 nitrogen and oxygen atoms in total. The maximum Gasteiger partial charge on any atom is 0.0751 e. The molecule has 8 aromatic carbocycles. The van der Waals surface area contributed by atoms with E-state index in [4.69, 9.17) is 0 Å². The van der Waals surface area contributed by atoms with Gasteiger partial charge in [-0.15, -0.1) is 0 Å². The highest BCUT2D eigenvalue weighted by Gasteiger charge is 2.50. The number of hydrogen-bond acceptors (Lipinski definition) is 2. The first-order valence-corrected chi connectivity index (χ1v) is 19.4. The molecule has 1 spiro atoms. The summed E-state index contributed by atoms with van der Waals surface area (Å²) < 4.78 is 2.39. The molecule has 2 aliphatic rings. The Morgan fingerprint density at radius 2 is 0.942 bits per heavy atom. The van der Waals surface area contributed by atoms with Gasteiger partial charge in [0.05, 0.1) is 16.4 Å². The average Bonchev–Trinajstić information content (AvgIpc) is 3.55. The van der Waals surface area contributed by atoms with Crippen LogP contribution in [0.3, 0.4) is 0 Å². The Hall–Kier alpha value is -5.74. The van der Waals surface area contributed by atoms with E-state index in [0.717, 1.165) is 0 Å². The Balaban J connectivity index is 1.21. The van der Waals surface area contributed by atoms with Crippen LogP contribution in [0.5, 0.6) is 0 Å². The van der Waals surface area contributed by atoms with Crippen LogP contribution < -0.4 is 0 Å². The zero-order valence-electron chi connectivity index (χ0n) is 28.2. The topological polar surface area (TPSA) is 4.93 Å². The third-order valence-corrected chi connectivity index (χ3v) is 13.2. The molecule has 0 aliphatic carbocycles. The lowest BCUT2D eigenvalue weighted by molar-refractivity contribution is 0.669. The van der Waals surface area contributed by atoms with Crippen LogP contribution in [-0.2, 0) is 5.41 Å². The van der Waals surface area contributed by atoms with Crippen molar-refractivity contribution in [3.8, 4) is 27.9 Å². The summed E-state index contributed by atoms with van der Waals surface area (Å²) in [6, 6.07) is 69.8. The van der Waals surface area contributed by atoms with Crippen molar-refractivity contribution in [2.45, 2.75) is 25.0 Å². The van der Waals surface area contributed by atoms with Crippen LogP contribution in [0.15, 0.2) is 208 Å². The molecule has 3 heterocycles. The second-order valence-electron chi connectivity index (χ2n) is 13.6. The second-order valence-corrected chi connectivity index (χ2v) is 15.8. The Morgan fingerprint density at radius 3 is 1.73 bits per heavy atom. The van der Waals surface area contributed by atoms with Crippen LogP contribution in [0.25, 0.3) is 49.7 Å². The first kappa shape index (κ1) is 29.9. The molecule has 244 valence electrons. The fraction of sp³-hybridized carbons (Fsp3) is 0.0204. The second kappa shape index (κ2) is 11.6. The number of nitrogens with zero attached hydrogens (tertiary/aromatic N) is 1. The molecule has 9 aromatic rings. The van der Waals surface area contributed by atoms with Crippen molar-refractivity contribution in [1.29, 1.82) is 0 Å². The van der Waals surface area contributed by atoms with E-state index in [1.807, 2.05) is 23.5 Å². The molecule has 3 heteroatoms. The van der Waals surface area contributed by atoms with Crippen molar-refractivity contribution < 1.29 is 0 Å². The van der Waals surface area contributed by atoms with Gasteiger partial charge in [-0.05, 0) is 105 Å². The third-order valence-electron chi connectivity index (χ3n) is 10.9. The molecule has 1 aromatic heterocycles. The molecular formula is C49H31NS2. The van der Waals surface area contributed by atoms with Gasteiger partial charge < -0.3 is 4.57 Å². The number of rotatable bonds is 3. The van der Waals surface area contributed by atoms with E-state index in [1.54, 1.807) is 0 Å². The lowest BCUT2D eigenvalue weighted by Gasteiger charge is -2.46. The van der Waals surface area contributed by atoms with Crippen molar-refractivity contribution in [3.63, 3.8) is 0 Å². The van der Waals surface area contributed by atoms with Gasteiger partial charge in [0.2, 0.25) is 0 Å². The Kier molecular flexibility index (Phi) is 6.70. The molecule has 0 radical (unpaired) electrons. The number of aromatic nitrogens is 1. The first-order valence-electron chi connectivity index (χ1n) is 17.8. The molecule has 0 amide bonds. The van der Waals surface area contributed by atoms with Crippen LogP contribution in [0.2, 0.25) is 0 Å². The molecule has 2 aliphatic heterocycles. The van der Waals surface area contributed by atoms with E-state index in [0.29, 0.717) is 0 Å². The van der Waals surface area contributed by atoms with Gasteiger partial charge in [-0.2, -0.15) is 0 Å². The summed E-state index contributed by atoms with van der Waals surface area (Å²) >= 11 is 3.80. The summed E-state index contributed by atoms with van der Waals surface area (Å²) in [6.07, 6.45) is 0. The SMILES string of the molecule is c1ccc(-c2cccc3c2C2(c4ccccc4Sc4ccccc42)c2cc(-c4ccc5c(c4)c4ccccc4n5-c4ccccc4)ccc2S3)cc1. The van der Waals surface area contributed by atoms with Crippen molar-refractivity contribution in [2.75, 3.05) is 0 Å². The molecule has 0 atom stereocenters. The largest absolute Gasteiger partial charge is 0.309 e. The lowest BCUT2D eigenvalue weighted by atomic mass is 9.62. The van der Waals surface area contributed by atoms with E-state index in [2.05, 4.69) is 193 Å². The van der Waals surface area contributed by atoms with Crippen LogP contribution in [0.1, 0.15) is 22.3 Å². The van der Waals surface area contributed by atoms with E-state index in [1.165, 1.54) is 91.6 Å². The van der Waals surface area contributed by atoms with E-state index >= 15 is 0 Å². The van der Waals surface area contributed by atoms with Crippen LogP contribution in [0, 0.1) is 0 Å². The van der Waals surface area contributed by atoms with Gasteiger partial charge in [0.15, 0.2) is 0 Å². The fourth-order valence-corrected chi connectivity index (χ4v) is 11.2. The van der Waals surface area contributed by atoms with Crippen molar-refractivity contribution in [3.05, 3.63) is 210 Å². The monoisotopic (exact) mass is 697 g/mol. The Labute approximate surface area is 311 Å². The minimum absolute atomic E-state index is 0.510. The van der Waals surface area contributed by atoms with Crippen LogP contribution in [-0.4, -0.2) is 4.57 Å². The van der Waals surface area contributed by atoms with Gasteiger partial charge in [0.25, 0.3) is 0 Å². The van der Waals surface area contributed by atoms with E-state index in [9.17, 15) is 0 Å². The predicted octanol–water partition coefficient (Wildman–Crippen LogP) is 13.4. The normalized spacial score (nSPS) is 13.8. The van der Waals surface area contributed by atoms with Crippen molar-refractivity contribution >= 4 is 45.3 Å². The molecule has 0 bridgehead atoms. The first-order chi connectivity index (χ1) is 25.8. The number of hydrogen-bond donors (Lipinski definition) is 0.